The fraction of sp³-hybridized carbons (Fsp3) is 0.440. The number of benzene rings is 2. The summed E-state index contributed by atoms with van der Waals surface area (Å²) in [5, 5.41) is 3.98. The van der Waals surface area contributed by atoms with E-state index in [9.17, 15) is 9.59 Å². The number of carbonyl (C=O) groups excluding carboxylic acids is 2. The number of halogens is 2. The number of carbonyl (C=O) groups is 2. The van der Waals surface area contributed by atoms with E-state index in [0.717, 1.165) is 16.7 Å². The zero-order valence-electron chi connectivity index (χ0n) is 19.0. The lowest BCUT2D eigenvalue weighted by Gasteiger charge is -2.31. The van der Waals surface area contributed by atoms with Gasteiger partial charge in [-0.3, -0.25) is 9.59 Å². The lowest BCUT2D eigenvalue weighted by molar-refractivity contribution is -0.141. The second kappa shape index (κ2) is 11.5. The van der Waals surface area contributed by atoms with Crippen LogP contribution in [-0.2, 0) is 22.6 Å². The van der Waals surface area contributed by atoms with Gasteiger partial charge in [-0.05, 0) is 60.6 Å². The maximum atomic E-state index is 13.4. The Hall–Kier alpha value is -2.04. The van der Waals surface area contributed by atoms with Crippen molar-refractivity contribution in [2.45, 2.75) is 60.0 Å². The Bertz CT molecular complexity index is 928. The van der Waals surface area contributed by atoms with Crippen LogP contribution >= 0.6 is 23.2 Å². The van der Waals surface area contributed by atoms with Crippen molar-refractivity contribution in [3.05, 3.63) is 68.7 Å². The number of nitrogens with one attached hydrogen (secondary N) is 1. The van der Waals surface area contributed by atoms with E-state index in [1.165, 1.54) is 5.56 Å². The molecule has 0 saturated heterocycles. The monoisotopic (exact) mass is 462 g/mol. The number of nitrogens with zero attached hydrogens (tertiary/aromatic N) is 1. The summed E-state index contributed by atoms with van der Waals surface area (Å²) >= 11 is 12.4. The summed E-state index contributed by atoms with van der Waals surface area (Å²) in [7, 11) is 0. The van der Waals surface area contributed by atoms with Crippen molar-refractivity contribution in [1.29, 1.82) is 0 Å². The molecule has 31 heavy (non-hydrogen) atoms. The van der Waals surface area contributed by atoms with Crippen LogP contribution in [0.4, 0.5) is 0 Å². The van der Waals surface area contributed by atoms with Crippen LogP contribution in [0.25, 0.3) is 0 Å². The molecule has 168 valence electrons. The Labute approximate surface area is 195 Å². The van der Waals surface area contributed by atoms with Gasteiger partial charge in [0.2, 0.25) is 11.8 Å². The summed E-state index contributed by atoms with van der Waals surface area (Å²) < 4.78 is 0. The van der Waals surface area contributed by atoms with Crippen LogP contribution in [0.15, 0.2) is 36.4 Å². The van der Waals surface area contributed by atoms with E-state index in [0.29, 0.717) is 28.9 Å². The van der Waals surface area contributed by atoms with Crippen LogP contribution in [0, 0.1) is 19.8 Å². The molecule has 1 unspecified atom stereocenters. The molecule has 2 aromatic rings. The van der Waals surface area contributed by atoms with Crippen molar-refractivity contribution in [2.75, 3.05) is 6.54 Å². The summed E-state index contributed by atoms with van der Waals surface area (Å²) in [4.78, 5) is 28.0. The standard InChI is InChI=1S/C25H32Cl2N2O2/c1-6-23(25(31)28-14-16(2)3)29(15-20-9-10-21(26)13-22(20)27)24(30)12-19-8-7-17(4)18(5)11-19/h7-11,13,16,23H,6,12,14-15H2,1-5H3,(H,28,31). The van der Waals surface area contributed by atoms with Gasteiger partial charge in [-0.25, -0.2) is 0 Å². The first kappa shape index (κ1) is 25.2. The molecule has 0 bridgehead atoms. The zero-order valence-corrected chi connectivity index (χ0v) is 20.5. The lowest BCUT2D eigenvalue weighted by atomic mass is 10.0. The third kappa shape index (κ3) is 7.26. The van der Waals surface area contributed by atoms with Gasteiger partial charge in [0.1, 0.15) is 6.04 Å². The minimum atomic E-state index is -0.579. The molecule has 0 radical (unpaired) electrons. The maximum absolute atomic E-state index is 13.4. The molecule has 0 saturated carbocycles. The van der Waals surface area contributed by atoms with E-state index in [4.69, 9.17) is 23.2 Å². The topological polar surface area (TPSA) is 49.4 Å². The van der Waals surface area contributed by atoms with Crippen molar-refractivity contribution >= 4 is 35.0 Å². The Morgan fingerprint density at radius 1 is 1.03 bits per heavy atom. The molecule has 1 N–H and O–H groups in total. The summed E-state index contributed by atoms with van der Waals surface area (Å²) in [5.41, 5.74) is 4.01. The van der Waals surface area contributed by atoms with E-state index < -0.39 is 6.04 Å². The molecule has 0 fully saturated rings. The van der Waals surface area contributed by atoms with Crippen LogP contribution in [0.1, 0.15) is 49.4 Å². The normalized spacial score (nSPS) is 12.0. The maximum Gasteiger partial charge on any atom is 0.242 e. The highest BCUT2D eigenvalue weighted by Gasteiger charge is 2.29. The largest absolute Gasteiger partial charge is 0.354 e. The van der Waals surface area contributed by atoms with Crippen LogP contribution in [0.3, 0.4) is 0 Å². The third-order valence-electron chi connectivity index (χ3n) is 5.35. The fourth-order valence-corrected chi connectivity index (χ4v) is 3.83. The van der Waals surface area contributed by atoms with Crippen LogP contribution in [-0.4, -0.2) is 29.3 Å². The molecule has 6 heteroatoms. The van der Waals surface area contributed by atoms with Crippen molar-refractivity contribution in [3.8, 4) is 0 Å². The first-order chi connectivity index (χ1) is 14.6. The third-order valence-corrected chi connectivity index (χ3v) is 5.94. The highest BCUT2D eigenvalue weighted by atomic mass is 35.5. The van der Waals surface area contributed by atoms with Gasteiger partial charge in [-0.1, -0.05) is 68.2 Å². The Morgan fingerprint density at radius 2 is 1.74 bits per heavy atom. The zero-order chi connectivity index (χ0) is 23.1. The van der Waals surface area contributed by atoms with E-state index in [1.807, 2.05) is 52.8 Å². The molecule has 0 aliphatic rings. The molecular formula is C25H32Cl2N2O2. The number of aryl methyl sites for hydroxylation is 2. The van der Waals surface area contributed by atoms with Crippen LogP contribution < -0.4 is 5.32 Å². The average molecular weight is 463 g/mol. The van der Waals surface area contributed by atoms with Crippen molar-refractivity contribution < 1.29 is 9.59 Å². The van der Waals surface area contributed by atoms with Gasteiger partial charge in [0, 0.05) is 23.1 Å². The summed E-state index contributed by atoms with van der Waals surface area (Å²) in [5.74, 6) is 0.0717. The quantitative estimate of drug-likeness (QED) is 0.516. The van der Waals surface area contributed by atoms with Crippen LogP contribution in [0.5, 0.6) is 0 Å². The van der Waals surface area contributed by atoms with Gasteiger partial charge in [-0.15, -0.1) is 0 Å². The number of hydrogen-bond acceptors (Lipinski definition) is 2. The molecule has 0 aliphatic carbocycles. The van der Waals surface area contributed by atoms with Gasteiger partial charge < -0.3 is 10.2 Å². The number of hydrogen-bond donors (Lipinski definition) is 1. The molecule has 0 aromatic heterocycles. The minimum Gasteiger partial charge on any atom is -0.354 e. The summed E-state index contributed by atoms with van der Waals surface area (Å²) in [6.45, 7) is 10.9. The second-order valence-corrected chi connectivity index (χ2v) is 9.26. The van der Waals surface area contributed by atoms with Crippen molar-refractivity contribution in [1.82, 2.24) is 10.2 Å². The van der Waals surface area contributed by atoms with E-state index in [1.54, 1.807) is 23.1 Å². The van der Waals surface area contributed by atoms with Gasteiger partial charge in [0.25, 0.3) is 0 Å². The Kier molecular flexibility index (Phi) is 9.39. The molecule has 4 nitrogen and oxygen atoms in total. The molecule has 2 aromatic carbocycles. The first-order valence-electron chi connectivity index (χ1n) is 10.7. The highest BCUT2D eigenvalue weighted by molar-refractivity contribution is 6.35. The predicted octanol–water partition coefficient (Wildman–Crippen LogP) is 5.73. The van der Waals surface area contributed by atoms with Gasteiger partial charge in [0.15, 0.2) is 0 Å². The fourth-order valence-electron chi connectivity index (χ4n) is 3.37. The SMILES string of the molecule is CCC(C(=O)NCC(C)C)N(Cc1ccc(Cl)cc1Cl)C(=O)Cc1ccc(C)c(C)c1. The molecule has 2 rings (SSSR count). The molecule has 0 heterocycles. The van der Waals surface area contributed by atoms with Crippen molar-refractivity contribution in [3.63, 3.8) is 0 Å². The van der Waals surface area contributed by atoms with E-state index >= 15 is 0 Å². The molecular weight excluding hydrogens is 431 g/mol. The molecule has 2 amide bonds. The number of rotatable bonds is 9. The van der Waals surface area contributed by atoms with Crippen LogP contribution in [0.2, 0.25) is 10.0 Å². The van der Waals surface area contributed by atoms with Gasteiger partial charge in [0.05, 0.1) is 6.42 Å². The smallest absolute Gasteiger partial charge is 0.242 e. The number of amides is 2. The van der Waals surface area contributed by atoms with E-state index in [-0.39, 0.29) is 24.8 Å². The average Bonchev–Trinajstić information content (AvgIpc) is 2.70. The van der Waals surface area contributed by atoms with Gasteiger partial charge >= 0.3 is 0 Å². The second-order valence-electron chi connectivity index (χ2n) is 8.42. The molecule has 0 spiro atoms. The Balaban J connectivity index is 2.33. The lowest BCUT2D eigenvalue weighted by Crippen LogP contribution is -2.50. The molecule has 1 atom stereocenters. The minimum absolute atomic E-state index is 0.110. The highest BCUT2D eigenvalue weighted by Crippen LogP contribution is 2.24. The Morgan fingerprint density at radius 3 is 2.32 bits per heavy atom. The van der Waals surface area contributed by atoms with Crippen molar-refractivity contribution in [2.24, 2.45) is 5.92 Å². The van der Waals surface area contributed by atoms with Gasteiger partial charge in [-0.2, -0.15) is 0 Å². The summed E-state index contributed by atoms with van der Waals surface area (Å²) in [6, 6.07) is 10.6. The van der Waals surface area contributed by atoms with E-state index in [2.05, 4.69) is 5.32 Å². The first-order valence-corrected chi connectivity index (χ1v) is 11.4. The summed E-state index contributed by atoms with van der Waals surface area (Å²) in [6.07, 6.45) is 0.730. The predicted molar refractivity (Wildman–Crippen MR) is 129 cm³/mol. The molecule has 0 aliphatic heterocycles.